The van der Waals surface area contributed by atoms with Gasteiger partial charge in [-0.1, -0.05) is 35.9 Å². The van der Waals surface area contributed by atoms with E-state index in [1.807, 2.05) is 42.6 Å². The zero-order valence-electron chi connectivity index (χ0n) is 13.8. The topological polar surface area (TPSA) is 58.2 Å². The molecule has 0 bridgehead atoms. The number of carbonyl (C=O) groups is 2. The van der Waals surface area contributed by atoms with Crippen LogP contribution in [0.4, 0.5) is 5.69 Å². The van der Waals surface area contributed by atoms with Gasteiger partial charge in [-0.05, 0) is 48.2 Å². The molecule has 5 heteroatoms. The van der Waals surface area contributed by atoms with Crippen molar-refractivity contribution in [3.05, 3.63) is 87.6 Å². The molecule has 0 spiro atoms. The molecule has 0 saturated heterocycles. The minimum atomic E-state index is -0.147. The van der Waals surface area contributed by atoms with E-state index in [-0.39, 0.29) is 11.8 Å². The number of benzene rings is 2. The fourth-order valence-corrected chi connectivity index (χ4v) is 2.91. The second-order valence-electron chi connectivity index (χ2n) is 5.68. The number of anilines is 1. The van der Waals surface area contributed by atoms with E-state index in [1.165, 1.54) is 16.9 Å². The van der Waals surface area contributed by atoms with E-state index in [0.29, 0.717) is 22.7 Å². The van der Waals surface area contributed by atoms with Gasteiger partial charge in [0.25, 0.3) is 11.8 Å². The molecule has 2 aromatic carbocycles. The maximum absolute atomic E-state index is 12.2. The zero-order valence-corrected chi connectivity index (χ0v) is 14.6. The van der Waals surface area contributed by atoms with E-state index in [0.717, 1.165) is 5.56 Å². The van der Waals surface area contributed by atoms with Gasteiger partial charge < -0.3 is 10.6 Å². The van der Waals surface area contributed by atoms with E-state index in [1.54, 1.807) is 30.3 Å². The molecule has 1 heterocycles. The normalized spacial score (nSPS) is 10.3. The summed E-state index contributed by atoms with van der Waals surface area (Å²) >= 11 is 1.39. The lowest BCUT2D eigenvalue weighted by Gasteiger charge is -2.07. The quantitative estimate of drug-likeness (QED) is 0.723. The second-order valence-corrected chi connectivity index (χ2v) is 6.62. The van der Waals surface area contributed by atoms with Crippen molar-refractivity contribution in [2.45, 2.75) is 13.5 Å². The zero-order chi connectivity index (χ0) is 17.6. The van der Waals surface area contributed by atoms with Gasteiger partial charge in [0.2, 0.25) is 0 Å². The van der Waals surface area contributed by atoms with Crippen molar-refractivity contribution in [2.75, 3.05) is 5.32 Å². The lowest BCUT2D eigenvalue weighted by atomic mass is 10.1. The highest BCUT2D eigenvalue weighted by Gasteiger charge is 2.08. The minimum Gasteiger partial charge on any atom is -0.348 e. The van der Waals surface area contributed by atoms with Crippen molar-refractivity contribution >= 4 is 28.8 Å². The third-order valence-corrected chi connectivity index (χ3v) is 4.59. The molecular formula is C20H18N2O2S. The van der Waals surface area contributed by atoms with Crippen LogP contribution in [0.1, 0.15) is 31.2 Å². The fraction of sp³-hybridized carbons (Fsp3) is 0.100. The standard InChI is InChI=1S/C20H18N2O2S/c1-14-4-6-15(7-5-14)13-21-19(23)16-8-10-17(11-9-16)22-20(24)18-3-2-12-25-18/h2-12H,13H2,1H3,(H,21,23)(H,22,24). The Morgan fingerprint density at radius 2 is 1.64 bits per heavy atom. The van der Waals surface area contributed by atoms with Gasteiger partial charge in [0.05, 0.1) is 4.88 Å². The third kappa shape index (κ3) is 4.55. The molecule has 2 amide bonds. The maximum Gasteiger partial charge on any atom is 0.265 e. The van der Waals surface area contributed by atoms with Crippen LogP contribution < -0.4 is 10.6 Å². The van der Waals surface area contributed by atoms with Gasteiger partial charge in [0.1, 0.15) is 0 Å². The highest BCUT2D eigenvalue weighted by molar-refractivity contribution is 7.12. The van der Waals surface area contributed by atoms with Crippen LogP contribution in [0.3, 0.4) is 0 Å². The Morgan fingerprint density at radius 3 is 2.28 bits per heavy atom. The first-order valence-electron chi connectivity index (χ1n) is 7.90. The van der Waals surface area contributed by atoms with E-state index in [9.17, 15) is 9.59 Å². The monoisotopic (exact) mass is 350 g/mol. The Morgan fingerprint density at radius 1 is 0.920 bits per heavy atom. The molecule has 0 fully saturated rings. The predicted molar refractivity (Wildman–Crippen MR) is 101 cm³/mol. The SMILES string of the molecule is Cc1ccc(CNC(=O)c2ccc(NC(=O)c3cccs3)cc2)cc1. The molecule has 0 aliphatic heterocycles. The first-order chi connectivity index (χ1) is 12.1. The summed E-state index contributed by atoms with van der Waals surface area (Å²) in [7, 11) is 0. The summed E-state index contributed by atoms with van der Waals surface area (Å²) in [6.07, 6.45) is 0. The Hall–Kier alpha value is -2.92. The molecule has 126 valence electrons. The van der Waals surface area contributed by atoms with Crippen LogP contribution >= 0.6 is 11.3 Å². The molecular weight excluding hydrogens is 332 g/mol. The van der Waals surface area contributed by atoms with Crippen molar-refractivity contribution in [2.24, 2.45) is 0 Å². The molecule has 4 nitrogen and oxygen atoms in total. The molecule has 0 atom stereocenters. The van der Waals surface area contributed by atoms with Crippen molar-refractivity contribution in [3.63, 3.8) is 0 Å². The van der Waals surface area contributed by atoms with Crippen molar-refractivity contribution in [1.82, 2.24) is 5.32 Å². The van der Waals surface area contributed by atoms with Crippen LogP contribution in [0.5, 0.6) is 0 Å². The highest BCUT2D eigenvalue weighted by Crippen LogP contribution is 2.14. The predicted octanol–water partition coefficient (Wildman–Crippen LogP) is 4.24. The first kappa shape index (κ1) is 16.9. The summed E-state index contributed by atoms with van der Waals surface area (Å²) in [4.78, 5) is 24.9. The summed E-state index contributed by atoms with van der Waals surface area (Å²) in [5, 5.41) is 7.56. The van der Waals surface area contributed by atoms with Crippen molar-refractivity contribution in [3.8, 4) is 0 Å². The number of hydrogen-bond donors (Lipinski definition) is 2. The fourth-order valence-electron chi connectivity index (χ4n) is 2.30. The van der Waals surface area contributed by atoms with Gasteiger partial charge in [0.15, 0.2) is 0 Å². The minimum absolute atomic E-state index is 0.142. The summed E-state index contributed by atoms with van der Waals surface area (Å²) in [6.45, 7) is 2.51. The van der Waals surface area contributed by atoms with Gasteiger partial charge in [-0.2, -0.15) is 0 Å². The number of carbonyl (C=O) groups excluding carboxylic acids is 2. The van der Waals surface area contributed by atoms with Gasteiger partial charge in [-0.25, -0.2) is 0 Å². The summed E-state index contributed by atoms with van der Waals surface area (Å²) in [6, 6.07) is 18.5. The Kier molecular flexibility index (Phi) is 5.26. The van der Waals surface area contributed by atoms with Gasteiger partial charge >= 0.3 is 0 Å². The number of hydrogen-bond acceptors (Lipinski definition) is 3. The van der Waals surface area contributed by atoms with Crippen molar-refractivity contribution < 1.29 is 9.59 Å². The van der Waals surface area contributed by atoms with Crippen LogP contribution in [-0.2, 0) is 6.54 Å². The molecule has 1 aromatic heterocycles. The van der Waals surface area contributed by atoms with Crippen molar-refractivity contribution in [1.29, 1.82) is 0 Å². The average molecular weight is 350 g/mol. The van der Waals surface area contributed by atoms with E-state index in [4.69, 9.17) is 0 Å². The molecule has 0 radical (unpaired) electrons. The summed E-state index contributed by atoms with van der Waals surface area (Å²) < 4.78 is 0. The molecule has 0 aliphatic rings. The number of thiophene rings is 1. The van der Waals surface area contributed by atoms with Crippen LogP contribution in [0.15, 0.2) is 66.0 Å². The van der Waals surface area contributed by atoms with Crippen LogP contribution in [0.2, 0.25) is 0 Å². The number of rotatable bonds is 5. The lowest BCUT2D eigenvalue weighted by Crippen LogP contribution is -2.22. The number of aryl methyl sites for hydroxylation is 1. The van der Waals surface area contributed by atoms with Gasteiger partial charge in [-0.15, -0.1) is 11.3 Å². The molecule has 0 unspecified atom stereocenters. The average Bonchev–Trinajstić information content (AvgIpc) is 3.16. The lowest BCUT2D eigenvalue weighted by molar-refractivity contribution is 0.0950. The molecule has 3 rings (SSSR count). The molecule has 0 saturated carbocycles. The number of nitrogens with one attached hydrogen (secondary N) is 2. The molecule has 2 N–H and O–H groups in total. The summed E-state index contributed by atoms with van der Waals surface area (Å²) in [5.74, 6) is -0.289. The smallest absolute Gasteiger partial charge is 0.265 e. The maximum atomic E-state index is 12.2. The Labute approximate surface area is 150 Å². The highest BCUT2D eigenvalue weighted by atomic mass is 32.1. The molecule has 25 heavy (non-hydrogen) atoms. The third-order valence-electron chi connectivity index (χ3n) is 3.72. The first-order valence-corrected chi connectivity index (χ1v) is 8.78. The van der Waals surface area contributed by atoms with Gasteiger partial charge in [0, 0.05) is 17.8 Å². The van der Waals surface area contributed by atoms with E-state index >= 15 is 0 Å². The van der Waals surface area contributed by atoms with Crippen LogP contribution in [0, 0.1) is 6.92 Å². The Bertz CT molecular complexity index is 854. The second kappa shape index (κ2) is 7.77. The van der Waals surface area contributed by atoms with Crippen LogP contribution in [-0.4, -0.2) is 11.8 Å². The molecule has 3 aromatic rings. The van der Waals surface area contributed by atoms with E-state index in [2.05, 4.69) is 10.6 Å². The summed E-state index contributed by atoms with van der Waals surface area (Å²) in [5.41, 5.74) is 3.46. The number of amides is 2. The van der Waals surface area contributed by atoms with Crippen LogP contribution in [0.25, 0.3) is 0 Å². The molecule has 0 aliphatic carbocycles. The van der Waals surface area contributed by atoms with E-state index < -0.39 is 0 Å². The Balaban J connectivity index is 1.56. The largest absolute Gasteiger partial charge is 0.348 e. The van der Waals surface area contributed by atoms with Gasteiger partial charge in [-0.3, -0.25) is 9.59 Å².